The molecular formula is C23H32FN5O2. The molecule has 1 saturated carbocycles. The van der Waals surface area contributed by atoms with E-state index >= 15 is 0 Å². The molecular weight excluding hydrogens is 397 g/mol. The summed E-state index contributed by atoms with van der Waals surface area (Å²) in [4.78, 5) is 28.1. The molecule has 7 nitrogen and oxygen atoms in total. The van der Waals surface area contributed by atoms with E-state index in [9.17, 15) is 14.0 Å². The van der Waals surface area contributed by atoms with Gasteiger partial charge in [0.05, 0.1) is 6.20 Å². The molecule has 0 unspecified atom stereocenters. The fraction of sp³-hybridized carbons (Fsp3) is 0.565. The molecule has 0 bridgehead atoms. The number of allylic oxidation sites excluding steroid dienone is 3. The van der Waals surface area contributed by atoms with Gasteiger partial charge >= 0.3 is 0 Å². The van der Waals surface area contributed by atoms with Crippen LogP contribution in [0.3, 0.4) is 0 Å². The van der Waals surface area contributed by atoms with Gasteiger partial charge in [-0.25, -0.2) is 9.38 Å². The molecule has 2 heterocycles. The fourth-order valence-electron chi connectivity index (χ4n) is 4.52. The molecule has 168 valence electrons. The molecule has 0 aromatic carbocycles. The number of carbonyl (C=O) groups is 2. The molecule has 1 aromatic heterocycles. The van der Waals surface area contributed by atoms with Crippen LogP contribution in [-0.2, 0) is 22.6 Å². The van der Waals surface area contributed by atoms with Crippen molar-refractivity contribution in [1.82, 2.24) is 20.4 Å². The zero-order valence-corrected chi connectivity index (χ0v) is 18.4. The third-order valence-electron chi connectivity index (χ3n) is 6.05. The van der Waals surface area contributed by atoms with Crippen molar-refractivity contribution in [3.8, 4) is 0 Å². The first-order valence-corrected chi connectivity index (χ1v) is 11.1. The van der Waals surface area contributed by atoms with Gasteiger partial charge in [0.15, 0.2) is 0 Å². The Balaban J connectivity index is 1.77. The van der Waals surface area contributed by atoms with Crippen LogP contribution in [0.25, 0.3) is 5.57 Å². The fourth-order valence-corrected chi connectivity index (χ4v) is 4.52. The van der Waals surface area contributed by atoms with Crippen molar-refractivity contribution in [2.24, 2.45) is 10.9 Å². The molecule has 0 spiro atoms. The van der Waals surface area contributed by atoms with Crippen LogP contribution in [0.2, 0.25) is 0 Å². The Kier molecular flexibility index (Phi) is 7.76. The smallest absolute Gasteiger partial charge is 0.228 e. The van der Waals surface area contributed by atoms with Crippen molar-refractivity contribution in [2.75, 3.05) is 0 Å². The summed E-state index contributed by atoms with van der Waals surface area (Å²) >= 11 is 0. The highest BCUT2D eigenvalue weighted by Gasteiger charge is 2.28. The molecule has 0 saturated heterocycles. The monoisotopic (exact) mass is 429 g/mol. The molecule has 2 N–H and O–H groups in total. The molecule has 3 rings (SSSR count). The number of aromatic nitrogens is 2. The Hall–Kier alpha value is -2.77. The van der Waals surface area contributed by atoms with E-state index in [2.05, 4.69) is 27.4 Å². The molecule has 0 radical (unpaired) electrons. The third-order valence-corrected chi connectivity index (χ3v) is 6.05. The summed E-state index contributed by atoms with van der Waals surface area (Å²) in [6.07, 6.45) is 10.4. The number of aliphatic imine (C=N–C) groups is 1. The Morgan fingerprint density at radius 3 is 2.77 bits per heavy atom. The number of amides is 2. The molecule has 1 aliphatic heterocycles. The molecule has 2 aliphatic rings. The summed E-state index contributed by atoms with van der Waals surface area (Å²) in [5.41, 5.74) is 2.12. The van der Waals surface area contributed by atoms with Crippen LogP contribution in [0.5, 0.6) is 0 Å². The Labute approximate surface area is 182 Å². The standard InChI is InChI=1S/C23H32FN5O2/c1-15(24)19(20-14-26-29-11-6-4-5-10-21(20)29)13-22(25-3)28-23(31)17-8-7-9-18(12-17)27-16(2)30/h13-14,17-18H,3-12H2,1-2H3,(H,27,30)(H,28,31)/b19-15-,22-13+/t17-,18+/m0/s1. The van der Waals surface area contributed by atoms with Gasteiger partial charge in [0, 0.05) is 42.3 Å². The lowest BCUT2D eigenvalue weighted by Gasteiger charge is -2.28. The van der Waals surface area contributed by atoms with Gasteiger partial charge in [-0.1, -0.05) is 12.8 Å². The maximum absolute atomic E-state index is 14.5. The van der Waals surface area contributed by atoms with E-state index in [1.54, 1.807) is 6.20 Å². The molecule has 1 aromatic rings. The summed E-state index contributed by atoms with van der Waals surface area (Å²) in [6, 6.07) is -0.00228. The minimum Gasteiger partial charge on any atom is -0.354 e. The lowest BCUT2D eigenvalue weighted by atomic mass is 9.85. The maximum atomic E-state index is 14.5. The van der Waals surface area contributed by atoms with Crippen molar-refractivity contribution in [2.45, 2.75) is 77.8 Å². The summed E-state index contributed by atoms with van der Waals surface area (Å²) in [7, 11) is 0. The van der Waals surface area contributed by atoms with E-state index in [1.165, 1.54) is 19.9 Å². The van der Waals surface area contributed by atoms with Crippen LogP contribution in [0.1, 0.15) is 70.1 Å². The van der Waals surface area contributed by atoms with E-state index in [0.717, 1.165) is 62.7 Å². The third kappa shape index (κ3) is 5.89. The van der Waals surface area contributed by atoms with Crippen molar-refractivity contribution in [3.63, 3.8) is 0 Å². The zero-order valence-electron chi connectivity index (χ0n) is 18.4. The quantitative estimate of drug-likeness (QED) is 0.534. The number of carbonyl (C=O) groups excluding carboxylic acids is 2. The number of nitrogens with zero attached hydrogens (tertiary/aromatic N) is 3. The van der Waals surface area contributed by atoms with Crippen LogP contribution >= 0.6 is 0 Å². The molecule has 2 amide bonds. The lowest BCUT2D eigenvalue weighted by molar-refractivity contribution is -0.126. The second kappa shape index (κ2) is 10.5. The van der Waals surface area contributed by atoms with Gasteiger partial charge in [0.2, 0.25) is 11.8 Å². The predicted octanol–water partition coefficient (Wildman–Crippen LogP) is 3.66. The van der Waals surface area contributed by atoms with E-state index in [4.69, 9.17) is 0 Å². The average molecular weight is 430 g/mol. The number of halogens is 1. The highest BCUT2D eigenvalue weighted by atomic mass is 19.1. The summed E-state index contributed by atoms with van der Waals surface area (Å²) in [6.45, 7) is 7.27. The Bertz CT molecular complexity index is 898. The van der Waals surface area contributed by atoms with E-state index in [0.29, 0.717) is 12.0 Å². The van der Waals surface area contributed by atoms with Crippen LogP contribution < -0.4 is 10.6 Å². The van der Waals surface area contributed by atoms with Gasteiger partial charge in [0.1, 0.15) is 11.6 Å². The average Bonchev–Trinajstić information content (AvgIpc) is 2.97. The number of nitrogens with one attached hydrogen (secondary N) is 2. The van der Waals surface area contributed by atoms with E-state index in [1.807, 2.05) is 4.68 Å². The zero-order chi connectivity index (χ0) is 22.4. The van der Waals surface area contributed by atoms with Gasteiger partial charge < -0.3 is 10.6 Å². The molecule has 2 atom stereocenters. The first-order valence-electron chi connectivity index (χ1n) is 11.1. The van der Waals surface area contributed by atoms with Gasteiger partial charge in [-0.3, -0.25) is 14.3 Å². The summed E-state index contributed by atoms with van der Waals surface area (Å²) < 4.78 is 16.5. The lowest BCUT2D eigenvalue weighted by Crippen LogP contribution is -2.41. The minimum absolute atomic E-state index is 0.00228. The second-order valence-electron chi connectivity index (χ2n) is 8.42. The SMILES string of the molecule is C=N/C(=C\C(=C(/C)F)c1cnn2c1CCCCC2)NC(=O)[C@H]1CCC[C@@H](NC(C)=O)C1. The maximum Gasteiger partial charge on any atom is 0.228 e. The van der Waals surface area contributed by atoms with Gasteiger partial charge in [-0.15, -0.1) is 0 Å². The van der Waals surface area contributed by atoms with Crippen LogP contribution in [0.15, 0.2) is 28.9 Å². The van der Waals surface area contributed by atoms with Gasteiger partial charge in [-0.05, 0) is 58.2 Å². The predicted molar refractivity (Wildman–Crippen MR) is 119 cm³/mol. The first-order chi connectivity index (χ1) is 14.9. The number of rotatable bonds is 6. The highest BCUT2D eigenvalue weighted by molar-refractivity contribution is 5.83. The topological polar surface area (TPSA) is 88.4 Å². The first kappa shape index (κ1) is 22.9. The van der Waals surface area contributed by atoms with Crippen LogP contribution in [0, 0.1) is 5.92 Å². The Morgan fingerprint density at radius 1 is 1.26 bits per heavy atom. The molecule has 31 heavy (non-hydrogen) atoms. The number of hydrogen-bond donors (Lipinski definition) is 2. The van der Waals surface area contributed by atoms with E-state index in [-0.39, 0.29) is 35.4 Å². The van der Waals surface area contributed by atoms with Crippen LogP contribution in [0.4, 0.5) is 4.39 Å². The number of hydrogen-bond acceptors (Lipinski definition) is 4. The molecule has 1 fully saturated rings. The van der Waals surface area contributed by atoms with Crippen molar-refractivity contribution in [3.05, 3.63) is 35.2 Å². The second-order valence-corrected chi connectivity index (χ2v) is 8.42. The largest absolute Gasteiger partial charge is 0.354 e. The van der Waals surface area contributed by atoms with Gasteiger partial charge in [0.25, 0.3) is 0 Å². The van der Waals surface area contributed by atoms with Gasteiger partial charge in [-0.2, -0.15) is 5.10 Å². The van der Waals surface area contributed by atoms with Crippen molar-refractivity contribution in [1.29, 1.82) is 0 Å². The Morgan fingerprint density at radius 2 is 2.06 bits per heavy atom. The highest BCUT2D eigenvalue weighted by Crippen LogP contribution is 2.29. The van der Waals surface area contributed by atoms with Crippen molar-refractivity contribution >= 4 is 24.1 Å². The molecule has 8 heteroatoms. The van der Waals surface area contributed by atoms with E-state index < -0.39 is 0 Å². The minimum atomic E-state index is -0.362. The summed E-state index contributed by atoms with van der Waals surface area (Å²) in [5.74, 6) is -0.653. The van der Waals surface area contributed by atoms with Crippen LogP contribution in [-0.4, -0.2) is 34.4 Å². The van der Waals surface area contributed by atoms with Crippen molar-refractivity contribution < 1.29 is 14.0 Å². The number of aryl methyl sites for hydroxylation is 1. The normalized spacial score (nSPS) is 22.6. The molecule has 1 aliphatic carbocycles. The number of fused-ring (bicyclic) bond motifs is 1. The summed E-state index contributed by atoms with van der Waals surface area (Å²) in [5, 5.41) is 10.1.